The second kappa shape index (κ2) is 1.82. The lowest BCUT2D eigenvalue weighted by atomic mass is 9.64. The molecule has 0 unspecified atom stereocenters. The van der Waals surface area contributed by atoms with Gasteiger partial charge in [-0.3, -0.25) is 0 Å². The molecule has 2 saturated carbocycles. The van der Waals surface area contributed by atoms with Gasteiger partial charge in [0.05, 0.1) is 5.60 Å². The third-order valence-corrected chi connectivity index (χ3v) is 3.63. The highest BCUT2D eigenvalue weighted by Crippen LogP contribution is 2.59. The summed E-state index contributed by atoms with van der Waals surface area (Å²) in [6.45, 7) is 6.64. The minimum absolute atomic E-state index is 0.321. The number of fused-ring (bicyclic) bond motifs is 1. The van der Waals surface area contributed by atoms with Crippen LogP contribution in [0.25, 0.3) is 0 Å². The van der Waals surface area contributed by atoms with E-state index >= 15 is 0 Å². The molecule has 0 aromatic carbocycles. The van der Waals surface area contributed by atoms with Gasteiger partial charge in [0.2, 0.25) is 0 Å². The minimum atomic E-state index is -0.321. The van der Waals surface area contributed by atoms with E-state index in [0.717, 1.165) is 12.3 Å². The van der Waals surface area contributed by atoms with Gasteiger partial charge in [-0.05, 0) is 43.4 Å². The fourth-order valence-corrected chi connectivity index (χ4v) is 3.16. The van der Waals surface area contributed by atoms with Gasteiger partial charge in [0.1, 0.15) is 0 Å². The second-order valence-corrected chi connectivity index (χ2v) is 5.50. The summed E-state index contributed by atoms with van der Waals surface area (Å²) < 4.78 is 0. The van der Waals surface area contributed by atoms with Crippen molar-refractivity contribution in [2.75, 3.05) is 0 Å². The molecular formula is C10H18O. The molecule has 1 nitrogen and oxygen atoms in total. The van der Waals surface area contributed by atoms with Gasteiger partial charge in [0, 0.05) is 0 Å². The smallest absolute Gasteiger partial charge is 0.0653 e. The molecule has 0 aromatic rings. The number of rotatable bonds is 0. The van der Waals surface area contributed by atoms with Crippen LogP contribution in [-0.2, 0) is 0 Å². The largest absolute Gasteiger partial charge is 0.390 e. The van der Waals surface area contributed by atoms with E-state index in [1.54, 1.807) is 0 Å². The fourth-order valence-electron chi connectivity index (χ4n) is 3.16. The van der Waals surface area contributed by atoms with E-state index in [9.17, 15) is 5.11 Å². The van der Waals surface area contributed by atoms with Crippen LogP contribution in [0.5, 0.6) is 0 Å². The maximum atomic E-state index is 9.82. The van der Waals surface area contributed by atoms with Crippen molar-refractivity contribution in [3.05, 3.63) is 0 Å². The van der Waals surface area contributed by atoms with Crippen LogP contribution in [-0.4, -0.2) is 10.7 Å². The van der Waals surface area contributed by atoms with Crippen molar-refractivity contribution in [3.8, 4) is 0 Å². The molecule has 64 valence electrons. The van der Waals surface area contributed by atoms with Crippen molar-refractivity contribution >= 4 is 0 Å². The minimum Gasteiger partial charge on any atom is -0.390 e. The molecule has 2 rings (SSSR count). The Morgan fingerprint density at radius 1 is 1.09 bits per heavy atom. The molecule has 1 heteroatoms. The Labute approximate surface area is 68.8 Å². The van der Waals surface area contributed by atoms with Crippen LogP contribution >= 0.6 is 0 Å². The summed E-state index contributed by atoms with van der Waals surface area (Å²) in [4.78, 5) is 0. The van der Waals surface area contributed by atoms with Gasteiger partial charge in [-0.15, -0.1) is 0 Å². The average Bonchev–Trinajstić information content (AvgIpc) is 2.04. The summed E-state index contributed by atoms with van der Waals surface area (Å²) in [7, 11) is 0. The molecule has 2 aliphatic rings. The lowest BCUT2D eigenvalue weighted by Crippen LogP contribution is -2.48. The SMILES string of the molecule is CC1(C)C[C@H]2C[C@@](C)(O)[C@H]2C1. The summed E-state index contributed by atoms with van der Waals surface area (Å²) in [5.74, 6) is 1.44. The first-order valence-corrected chi connectivity index (χ1v) is 4.63. The lowest BCUT2D eigenvalue weighted by Gasteiger charge is -2.46. The van der Waals surface area contributed by atoms with Gasteiger partial charge in [-0.25, -0.2) is 0 Å². The van der Waals surface area contributed by atoms with Crippen LogP contribution in [0.15, 0.2) is 0 Å². The topological polar surface area (TPSA) is 20.2 Å². The Bertz CT molecular complexity index is 179. The van der Waals surface area contributed by atoms with Gasteiger partial charge < -0.3 is 5.11 Å². The third kappa shape index (κ3) is 1.01. The van der Waals surface area contributed by atoms with E-state index < -0.39 is 0 Å². The normalized spacial score (nSPS) is 53.5. The van der Waals surface area contributed by atoms with Crippen molar-refractivity contribution in [3.63, 3.8) is 0 Å². The molecule has 11 heavy (non-hydrogen) atoms. The molecular weight excluding hydrogens is 136 g/mol. The summed E-state index contributed by atoms with van der Waals surface area (Å²) in [5, 5.41) is 9.82. The molecule has 0 spiro atoms. The zero-order valence-electron chi connectivity index (χ0n) is 7.72. The molecule has 0 radical (unpaired) electrons. The van der Waals surface area contributed by atoms with Crippen LogP contribution in [0.2, 0.25) is 0 Å². The maximum absolute atomic E-state index is 9.82. The maximum Gasteiger partial charge on any atom is 0.0653 e. The monoisotopic (exact) mass is 154 g/mol. The van der Waals surface area contributed by atoms with Crippen molar-refractivity contribution in [1.82, 2.24) is 0 Å². The Hall–Kier alpha value is -0.0400. The molecule has 0 aliphatic heterocycles. The predicted molar refractivity (Wildman–Crippen MR) is 45.2 cm³/mol. The first kappa shape index (κ1) is 7.60. The van der Waals surface area contributed by atoms with E-state index in [1.807, 2.05) is 6.92 Å². The van der Waals surface area contributed by atoms with Crippen molar-refractivity contribution in [2.45, 2.75) is 45.6 Å². The van der Waals surface area contributed by atoms with Crippen molar-refractivity contribution in [2.24, 2.45) is 17.3 Å². The quantitative estimate of drug-likeness (QED) is 0.567. The van der Waals surface area contributed by atoms with Crippen LogP contribution in [0.1, 0.15) is 40.0 Å². The van der Waals surface area contributed by atoms with Crippen LogP contribution in [0, 0.1) is 17.3 Å². The molecule has 2 aliphatic carbocycles. The Morgan fingerprint density at radius 3 is 2.09 bits per heavy atom. The Balaban J connectivity index is 2.11. The van der Waals surface area contributed by atoms with Crippen LogP contribution in [0.3, 0.4) is 0 Å². The molecule has 2 fully saturated rings. The third-order valence-electron chi connectivity index (χ3n) is 3.63. The highest BCUT2D eigenvalue weighted by atomic mass is 16.3. The van der Waals surface area contributed by atoms with E-state index in [4.69, 9.17) is 0 Å². The Kier molecular flexibility index (Phi) is 1.26. The summed E-state index contributed by atoms with van der Waals surface area (Å²) in [6.07, 6.45) is 3.60. The molecule has 1 N–H and O–H groups in total. The standard InChI is InChI=1S/C10H18O/c1-9(2)4-7-5-10(3,11)8(7)6-9/h7-8,11H,4-6H2,1-3H3/t7-,8-,10+/m0/s1. The van der Waals surface area contributed by atoms with E-state index in [2.05, 4.69) is 13.8 Å². The van der Waals surface area contributed by atoms with E-state index in [-0.39, 0.29) is 5.60 Å². The van der Waals surface area contributed by atoms with Gasteiger partial charge in [0.15, 0.2) is 0 Å². The van der Waals surface area contributed by atoms with Gasteiger partial charge in [-0.1, -0.05) is 13.8 Å². The predicted octanol–water partition coefficient (Wildman–Crippen LogP) is 2.19. The molecule has 0 bridgehead atoms. The summed E-state index contributed by atoms with van der Waals surface area (Å²) in [6, 6.07) is 0. The van der Waals surface area contributed by atoms with Crippen molar-refractivity contribution < 1.29 is 5.11 Å². The zero-order chi connectivity index (χ0) is 8.28. The molecule has 3 atom stereocenters. The zero-order valence-corrected chi connectivity index (χ0v) is 7.72. The summed E-state index contributed by atoms with van der Waals surface area (Å²) in [5.41, 5.74) is 0.175. The lowest BCUT2D eigenvalue weighted by molar-refractivity contribution is -0.110. The van der Waals surface area contributed by atoms with Gasteiger partial charge >= 0.3 is 0 Å². The highest BCUT2D eigenvalue weighted by molar-refractivity contribution is 5.06. The van der Waals surface area contributed by atoms with Crippen LogP contribution < -0.4 is 0 Å². The molecule has 0 heterocycles. The van der Waals surface area contributed by atoms with Gasteiger partial charge in [0.25, 0.3) is 0 Å². The number of hydrogen-bond acceptors (Lipinski definition) is 1. The Morgan fingerprint density at radius 2 is 1.73 bits per heavy atom. The van der Waals surface area contributed by atoms with E-state index in [0.29, 0.717) is 11.3 Å². The highest BCUT2D eigenvalue weighted by Gasteiger charge is 2.56. The van der Waals surface area contributed by atoms with Gasteiger partial charge in [-0.2, -0.15) is 0 Å². The first-order valence-electron chi connectivity index (χ1n) is 4.63. The average molecular weight is 154 g/mol. The number of aliphatic hydroxyl groups is 1. The number of hydrogen-bond donors (Lipinski definition) is 1. The van der Waals surface area contributed by atoms with Crippen LogP contribution in [0.4, 0.5) is 0 Å². The van der Waals surface area contributed by atoms with Crippen molar-refractivity contribution in [1.29, 1.82) is 0 Å². The van der Waals surface area contributed by atoms with E-state index in [1.165, 1.54) is 12.8 Å². The first-order chi connectivity index (χ1) is 4.91. The molecule has 0 amide bonds. The molecule has 0 aromatic heterocycles. The molecule has 0 saturated heterocycles. The fraction of sp³-hybridized carbons (Fsp3) is 1.00. The second-order valence-electron chi connectivity index (χ2n) is 5.50. The summed E-state index contributed by atoms with van der Waals surface area (Å²) >= 11 is 0.